The van der Waals surface area contributed by atoms with Gasteiger partial charge in [-0.25, -0.2) is 0 Å². The van der Waals surface area contributed by atoms with E-state index in [-0.39, 0.29) is 0 Å². The fraction of sp³-hybridized carbons (Fsp3) is 0.733. The van der Waals surface area contributed by atoms with Crippen molar-refractivity contribution in [1.29, 1.82) is 0 Å². The summed E-state index contributed by atoms with van der Waals surface area (Å²) in [6, 6.07) is 4.57. The van der Waals surface area contributed by atoms with Crippen LogP contribution in [0.1, 0.15) is 50.7 Å². The molecular weight excluding hydrogens is 210 g/mol. The molecule has 2 heteroatoms. The van der Waals surface area contributed by atoms with Gasteiger partial charge in [-0.05, 0) is 63.1 Å². The van der Waals surface area contributed by atoms with Crippen LogP contribution in [0.25, 0.3) is 0 Å². The van der Waals surface area contributed by atoms with Gasteiger partial charge in [-0.3, -0.25) is 0 Å². The third kappa shape index (κ3) is 2.92. The van der Waals surface area contributed by atoms with Gasteiger partial charge in [-0.2, -0.15) is 0 Å². The van der Waals surface area contributed by atoms with Crippen molar-refractivity contribution in [2.75, 3.05) is 7.05 Å². The molecule has 2 rings (SSSR count). The first-order valence-electron chi connectivity index (χ1n) is 6.83. The Hall–Kier alpha value is -0.760. The van der Waals surface area contributed by atoms with Crippen molar-refractivity contribution in [3.05, 3.63) is 23.7 Å². The summed E-state index contributed by atoms with van der Waals surface area (Å²) in [6.07, 6.45) is 4.01. The van der Waals surface area contributed by atoms with Crippen LogP contribution in [-0.2, 0) is 0 Å². The molecule has 17 heavy (non-hydrogen) atoms. The van der Waals surface area contributed by atoms with Gasteiger partial charge in [-0.1, -0.05) is 13.8 Å². The van der Waals surface area contributed by atoms with Gasteiger partial charge < -0.3 is 9.73 Å². The highest BCUT2D eigenvalue weighted by molar-refractivity contribution is 5.11. The van der Waals surface area contributed by atoms with Gasteiger partial charge in [0.25, 0.3) is 0 Å². The maximum Gasteiger partial charge on any atom is 0.121 e. The number of hydrogen-bond donors (Lipinski definition) is 1. The summed E-state index contributed by atoms with van der Waals surface area (Å²) in [4.78, 5) is 0. The minimum absolute atomic E-state index is 0.383. The highest BCUT2D eigenvalue weighted by Crippen LogP contribution is 2.39. The summed E-state index contributed by atoms with van der Waals surface area (Å²) < 4.78 is 5.80. The second kappa shape index (κ2) is 5.26. The third-order valence-corrected chi connectivity index (χ3v) is 4.07. The lowest BCUT2D eigenvalue weighted by Crippen LogP contribution is -2.31. The minimum atomic E-state index is 0.383. The lowest BCUT2D eigenvalue weighted by atomic mass is 9.73. The zero-order valence-corrected chi connectivity index (χ0v) is 11.5. The van der Waals surface area contributed by atoms with E-state index in [1.807, 2.05) is 14.0 Å². The van der Waals surface area contributed by atoms with Crippen molar-refractivity contribution in [3.8, 4) is 0 Å². The first kappa shape index (κ1) is 12.7. The first-order chi connectivity index (χ1) is 8.10. The Balaban J connectivity index is 2.12. The molecule has 1 fully saturated rings. The molecule has 1 aromatic rings. The summed E-state index contributed by atoms with van der Waals surface area (Å²) in [7, 11) is 2.05. The quantitative estimate of drug-likeness (QED) is 0.859. The number of furan rings is 1. The van der Waals surface area contributed by atoms with Crippen LogP contribution >= 0.6 is 0 Å². The Morgan fingerprint density at radius 3 is 2.29 bits per heavy atom. The van der Waals surface area contributed by atoms with Crippen molar-refractivity contribution in [1.82, 2.24) is 5.32 Å². The molecular formula is C15H25NO. The molecule has 0 saturated heterocycles. The molecule has 0 aromatic carbocycles. The normalized spacial score (nSPS) is 31.4. The SMILES string of the molecule is CNC(c1ccc(C)o1)C1CC(C)CC(C)C1. The molecule has 0 radical (unpaired) electrons. The van der Waals surface area contributed by atoms with Gasteiger partial charge >= 0.3 is 0 Å². The molecule has 0 spiro atoms. The van der Waals surface area contributed by atoms with Crippen molar-refractivity contribution < 1.29 is 4.42 Å². The van der Waals surface area contributed by atoms with Crippen LogP contribution < -0.4 is 5.32 Å². The zero-order valence-electron chi connectivity index (χ0n) is 11.5. The molecule has 1 aromatic heterocycles. The summed E-state index contributed by atoms with van der Waals surface area (Å²) in [6.45, 7) is 6.77. The summed E-state index contributed by atoms with van der Waals surface area (Å²) >= 11 is 0. The second-order valence-corrected chi connectivity index (χ2v) is 5.89. The van der Waals surface area contributed by atoms with Gasteiger partial charge in [0.1, 0.15) is 11.5 Å². The smallest absolute Gasteiger partial charge is 0.121 e. The Labute approximate surface area is 105 Å². The van der Waals surface area contributed by atoms with Crippen LogP contribution in [0.5, 0.6) is 0 Å². The van der Waals surface area contributed by atoms with Crippen molar-refractivity contribution in [3.63, 3.8) is 0 Å². The maximum absolute atomic E-state index is 5.80. The highest BCUT2D eigenvalue weighted by atomic mass is 16.3. The molecule has 0 amide bonds. The second-order valence-electron chi connectivity index (χ2n) is 5.89. The molecule has 3 unspecified atom stereocenters. The first-order valence-corrected chi connectivity index (χ1v) is 6.83. The largest absolute Gasteiger partial charge is 0.465 e. The van der Waals surface area contributed by atoms with Crippen molar-refractivity contribution >= 4 is 0 Å². The van der Waals surface area contributed by atoms with Gasteiger partial charge in [0, 0.05) is 0 Å². The van der Waals surface area contributed by atoms with Crippen LogP contribution in [0.2, 0.25) is 0 Å². The Morgan fingerprint density at radius 2 is 1.82 bits per heavy atom. The molecule has 2 nitrogen and oxygen atoms in total. The number of rotatable bonds is 3. The van der Waals surface area contributed by atoms with E-state index in [9.17, 15) is 0 Å². The highest BCUT2D eigenvalue weighted by Gasteiger charge is 2.31. The predicted octanol–water partition coefficient (Wildman–Crippen LogP) is 3.92. The maximum atomic E-state index is 5.80. The van der Waals surface area contributed by atoms with Crippen LogP contribution in [0, 0.1) is 24.7 Å². The van der Waals surface area contributed by atoms with Crippen LogP contribution in [0.3, 0.4) is 0 Å². The van der Waals surface area contributed by atoms with Crippen molar-refractivity contribution in [2.24, 2.45) is 17.8 Å². The molecule has 96 valence electrons. The van der Waals surface area contributed by atoms with Gasteiger partial charge in [0.2, 0.25) is 0 Å². The standard InChI is InChI=1S/C15H25NO/c1-10-7-11(2)9-13(8-10)15(16-4)14-6-5-12(3)17-14/h5-6,10-11,13,15-16H,7-9H2,1-4H3. The molecule has 1 aliphatic carbocycles. The third-order valence-electron chi connectivity index (χ3n) is 4.07. The predicted molar refractivity (Wildman–Crippen MR) is 70.9 cm³/mol. The fourth-order valence-corrected chi connectivity index (χ4v) is 3.51. The van der Waals surface area contributed by atoms with E-state index in [4.69, 9.17) is 4.42 Å². The zero-order chi connectivity index (χ0) is 12.4. The van der Waals surface area contributed by atoms with E-state index < -0.39 is 0 Å². The monoisotopic (exact) mass is 235 g/mol. The number of hydrogen-bond acceptors (Lipinski definition) is 2. The van der Waals surface area contributed by atoms with Crippen molar-refractivity contribution in [2.45, 2.75) is 46.1 Å². The lowest BCUT2D eigenvalue weighted by molar-refractivity contribution is 0.168. The Bertz CT molecular complexity index is 348. The molecule has 0 aliphatic heterocycles. The average Bonchev–Trinajstić information content (AvgIpc) is 2.64. The Morgan fingerprint density at radius 1 is 1.18 bits per heavy atom. The van der Waals surface area contributed by atoms with Gasteiger partial charge in [-0.15, -0.1) is 0 Å². The summed E-state index contributed by atoms with van der Waals surface area (Å²) in [5.41, 5.74) is 0. The minimum Gasteiger partial charge on any atom is -0.465 e. The molecule has 1 heterocycles. The summed E-state index contributed by atoms with van der Waals surface area (Å²) in [5, 5.41) is 3.45. The lowest BCUT2D eigenvalue weighted by Gasteiger charge is -2.35. The molecule has 1 saturated carbocycles. The van der Waals surface area contributed by atoms with Crippen LogP contribution in [0.15, 0.2) is 16.5 Å². The topological polar surface area (TPSA) is 25.2 Å². The van der Waals surface area contributed by atoms with E-state index in [0.717, 1.165) is 23.4 Å². The van der Waals surface area contributed by atoms with Gasteiger partial charge in [0.15, 0.2) is 0 Å². The van der Waals surface area contributed by atoms with E-state index >= 15 is 0 Å². The van der Waals surface area contributed by atoms with E-state index in [1.54, 1.807) is 0 Å². The van der Waals surface area contributed by atoms with Gasteiger partial charge in [0.05, 0.1) is 6.04 Å². The van der Waals surface area contributed by atoms with E-state index in [2.05, 4.69) is 31.3 Å². The van der Waals surface area contributed by atoms with Crippen LogP contribution in [-0.4, -0.2) is 7.05 Å². The molecule has 3 atom stereocenters. The van der Waals surface area contributed by atoms with E-state index in [1.165, 1.54) is 19.3 Å². The molecule has 1 aliphatic rings. The van der Waals surface area contributed by atoms with Crippen LogP contribution in [0.4, 0.5) is 0 Å². The number of aryl methyl sites for hydroxylation is 1. The molecule has 1 N–H and O–H groups in total. The number of nitrogens with one attached hydrogen (secondary N) is 1. The fourth-order valence-electron chi connectivity index (χ4n) is 3.51. The Kier molecular flexibility index (Phi) is 3.93. The molecule has 0 bridgehead atoms. The van der Waals surface area contributed by atoms with E-state index in [0.29, 0.717) is 12.0 Å². The summed E-state index contributed by atoms with van der Waals surface area (Å²) in [5.74, 6) is 4.52. The average molecular weight is 235 g/mol.